The highest BCUT2D eigenvalue weighted by molar-refractivity contribution is 5.76. The molecule has 47 heavy (non-hydrogen) atoms. The normalized spacial score (nSPS) is 12.3. The molecule has 0 radical (unpaired) electrons. The second kappa shape index (κ2) is 33.5. The molecule has 0 aliphatic rings. The highest BCUT2D eigenvalue weighted by Crippen LogP contribution is 2.14. The van der Waals surface area contributed by atoms with Gasteiger partial charge in [-0.25, -0.2) is 0 Å². The van der Waals surface area contributed by atoms with Crippen molar-refractivity contribution in [1.29, 1.82) is 0 Å². The molecule has 0 aliphatic carbocycles. The minimum absolute atomic E-state index is 0.0167. The van der Waals surface area contributed by atoms with Crippen LogP contribution in [0.2, 0.25) is 0 Å². The number of hydrogen-bond acceptors (Lipinski definition) is 8. The summed E-state index contributed by atoms with van der Waals surface area (Å²) in [6.07, 6.45) is 26.9. The van der Waals surface area contributed by atoms with Crippen LogP contribution >= 0.6 is 0 Å². The molecule has 0 aromatic carbocycles. The van der Waals surface area contributed by atoms with Gasteiger partial charge in [0.05, 0.1) is 0 Å². The Bertz CT molecular complexity index is 791. The molecule has 0 saturated carbocycles. The zero-order valence-corrected chi connectivity index (χ0v) is 30.3. The van der Waals surface area contributed by atoms with Gasteiger partial charge in [0.25, 0.3) is 0 Å². The monoisotopic (exact) mass is 669 g/mol. The third-order valence-electron chi connectivity index (χ3n) is 8.38. The van der Waals surface area contributed by atoms with Crippen molar-refractivity contribution in [2.24, 2.45) is 22.2 Å². The lowest BCUT2D eigenvalue weighted by molar-refractivity contribution is -0.167. The van der Waals surface area contributed by atoms with Gasteiger partial charge in [0, 0.05) is 19.4 Å². The van der Waals surface area contributed by atoms with E-state index >= 15 is 0 Å². The van der Waals surface area contributed by atoms with Gasteiger partial charge in [0.2, 0.25) is 0 Å². The molecule has 10 heteroatoms. The van der Waals surface area contributed by atoms with E-state index in [9.17, 15) is 14.4 Å². The molecule has 0 fully saturated rings. The third kappa shape index (κ3) is 32.0. The Morgan fingerprint density at radius 3 is 1.40 bits per heavy atom. The third-order valence-corrected chi connectivity index (χ3v) is 8.38. The number of ether oxygens (including phenoxy) is 3. The molecule has 2 atom stereocenters. The van der Waals surface area contributed by atoms with Crippen LogP contribution in [0.1, 0.15) is 181 Å². The van der Waals surface area contributed by atoms with Gasteiger partial charge < -0.3 is 31.4 Å². The Hall–Kier alpha value is -2.36. The van der Waals surface area contributed by atoms with Crippen molar-refractivity contribution < 1.29 is 28.6 Å². The minimum atomic E-state index is -0.880. The van der Waals surface area contributed by atoms with E-state index < -0.39 is 18.1 Å². The lowest BCUT2D eigenvalue weighted by Crippen LogP contribution is -2.36. The van der Waals surface area contributed by atoms with Gasteiger partial charge in [-0.3, -0.25) is 19.4 Å². The number of carbonyl (C=O) groups is 3. The fourth-order valence-electron chi connectivity index (χ4n) is 5.41. The molecule has 0 aliphatic heterocycles. The predicted molar refractivity (Wildman–Crippen MR) is 192 cm³/mol. The first-order valence-electron chi connectivity index (χ1n) is 19.1. The van der Waals surface area contributed by atoms with E-state index in [2.05, 4.69) is 18.8 Å². The summed E-state index contributed by atoms with van der Waals surface area (Å²) >= 11 is 0. The van der Waals surface area contributed by atoms with Crippen LogP contribution in [-0.2, 0) is 28.6 Å². The van der Waals surface area contributed by atoms with E-state index in [1.54, 1.807) is 0 Å². The van der Waals surface area contributed by atoms with Crippen LogP contribution in [0.3, 0.4) is 0 Å². The summed E-state index contributed by atoms with van der Waals surface area (Å²) in [5.41, 5.74) is 16.6. The van der Waals surface area contributed by atoms with Crippen LogP contribution in [0.25, 0.3) is 0 Å². The molecule has 276 valence electrons. The summed E-state index contributed by atoms with van der Waals surface area (Å²) in [6, 6.07) is -0.861. The number of aliphatic imine (C=N–C) groups is 1. The van der Waals surface area contributed by atoms with E-state index in [0.29, 0.717) is 25.8 Å². The van der Waals surface area contributed by atoms with Crippen LogP contribution in [0.4, 0.5) is 0 Å². The molecule has 0 heterocycles. The smallest absolute Gasteiger partial charge is 0.323 e. The number of hydrogen-bond donors (Lipinski definition) is 3. The number of carbonyl (C=O) groups excluding carboxylic acids is 3. The highest BCUT2D eigenvalue weighted by Gasteiger charge is 2.22. The van der Waals surface area contributed by atoms with Crippen molar-refractivity contribution in [1.82, 2.24) is 0 Å². The summed E-state index contributed by atoms with van der Waals surface area (Å²) in [7, 11) is 0. The first-order chi connectivity index (χ1) is 22.8. The number of rotatable bonds is 34. The SMILES string of the molecule is CCCCCCCCCCCCCC(=O)OC[C@@H](COC(=O)[C@@H](N)CCCN=C(N)N)OC(=O)CCCCCCCCCCCCC. The summed E-state index contributed by atoms with van der Waals surface area (Å²) < 4.78 is 16.3. The van der Waals surface area contributed by atoms with Crippen LogP contribution in [0.15, 0.2) is 4.99 Å². The quantitative estimate of drug-likeness (QED) is 0.0204. The largest absolute Gasteiger partial charge is 0.462 e. The average molecular weight is 669 g/mol. The topological polar surface area (TPSA) is 169 Å². The van der Waals surface area contributed by atoms with Gasteiger partial charge in [-0.15, -0.1) is 0 Å². The van der Waals surface area contributed by atoms with Crippen molar-refractivity contribution in [3.63, 3.8) is 0 Å². The van der Waals surface area contributed by atoms with Crippen molar-refractivity contribution in [3.8, 4) is 0 Å². The van der Waals surface area contributed by atoms with Crippen molar-refractivity contribution in [2.75, 3.05) is 19.8 Å². The molecule has 0 spiro atoms. The standard InChI is InChI=1S/C37H72N4O6/c1-3-5-7-9-11-13-15-17-19-21-23-27-34(42)45-30-32(31-46-36(44)33(38)26-25-29-41-37(39)40)47-35(43)28-24-22-20-18-16-14-12-10-8-6-4-2/h32-33H,3-31,38H2,1-2H3,(H4,39,40,41)/t32-,33-/m0/s1. The predicted octanol–water partition coefficient (Wildman–Crippen LogP) is 7.77. The fourth-order valence-corrected chi connectivity index (χ4v) is 5.41. The van der Waals surface area contributed by atoms with Crippen LogP contribution in [-0.4, -0.2) is 55.8 Å². The van der Waals surface area contributed by atoms with Gasteiger partial charge in [-0.1, -0.05) is 142 Å². The molecule has 0 aromatic heterocycles. The number of unbranched alkanes of at least 4 members (excludes halogenated alkanes) is 20. The molecule has 0 rings (SSSR count). The number of nitrogens with two attached hydrogens (primary N) is 3. The molecule has 0 unspecified atom stereocenters. The number of esters is 3. The van der Waals surface area contributed by atoms with E-state index in [1.165, 1.54) is 103 Å². The van der Waals surface area contributed by atoms with E-state index in [1.807, 2.05) is 0 Å². The van der Waals surface area contributed by atoms with Crippen LogP contribution < -0.4 is 17.2 Å². The van der Waals surface area contributed by atoms with Gasteiger partial charge in [0.15, 0.2) is 12.1 Å². The molecular weight excluding hydrogens is 596 g/mol. The average Bonchev–Trinajstić information content (AvgIpc) is 3.05. The molecule has 10 nitrogen and oxygen atoms in total. The lowest BCUT2D eigenvalue weighted by Gasteiger charge is -2.19. The van der Waals surface area contributed by atoms with Crippen molar-refractivity contribution in [3.05, 3.63) is 0 Å². The Balaban J connectivity index is 4.44. The zero-order chi connectivity index (χ0) is 34.8. The van der Waals surface area contributed by atoms with Crippen LogP contribution in [0, 0.1) is 0 Å². The second-order valence-electron chi connectivity index (χ2n) is 13.1. The fraction of sp³-hybridized carbons (Fsp3) is 0.892. The molecular formula is C37H72N4O6. The summed E-state index contributed by atoms with van der Waals surface area (Å²) in [5, 5.41) is 0. The summed E-state index contributed by atoms with van der Waals surface area (Å²) in [6.45, 7) is 4.45. The van der Waals surface area contributed by atoms with E-state index in [0.717, 1.165) is 38.5 Å². The molecule has 0 saturated heterocycles. The first kappa shape index (κ1) is 44.6. The molecule has 6 N–H and O–H groups in total. The molecule has 0 amide bonds. The van der Waals surface area contributed by atoms with E-state index in [-0.39, 0.29) is 37.5 Å². The number of nitrogens with zero attached hydrogens (tertiary/aromatic N) is 1. The maximum Gasteiger partial charge on any atom is 0.323 e. The maximum absolute atomic E-state index is 12.6. The highest BCUT2D eigenvalue weighted by atomic mass is 16.6. The summed E-state index contributed by atoms with van der Waals surface area (Å²) in [5.74, 6) is -1.36. The lowest BCUT2D eigenvalue weighted by atomic mass is 10.1. The van der Waals surface area contributed by atoms with Gasteiger partial charge in [0.1, 0.15) is 19.3 Å². The first-order valence-corrected chi connectivity index (χ1v) is 19.1. The van der Waals surface area contributed by atoms with Crippen molar-refractivity contribution in [2.45, 2.75) is 193 Å². The van der Waals surface area contributed by atoms with E-state index in [4.69, 9.17) is 31.4 Å². The van der Waals surface area contributed by atoms with Crippen LogP contribution in [0.5, 0.6) is 0 Å². The van der Waals surface area contributed by atoms with Gasteiger partial charge in [-0.05, 0) is 25.7 Å². The minimum Gasteiger partial charge on any atom is -0.462 e. The number of guanidine groups is 1. The van der Waals surface area contributed by atoms with Gasteiger partial charge in [-0.2, -0.15) is 0 Å². The zero-order valence-electron chi connectivity index (χ0n) is 30.3. The van der Waals surface area contributed by atoms with Gasteiger partial charge >= 0.3 is 17.9 Å². The van der Waals surface area contributed by atoms with Crippen molar-refractivity contribution >= 4 is 23.9 Å². The molecule has 0 aromatic rings. The summed E-state index contributed by atoms with van der Waals surface area (Å²) in [4.78, 5) is 41.3. The second-order valence-corrected chi connectivity index (χ2v) is 13.1. The Morgan fingerprint density at radius 1 is 0.553 bits per heavy atom. The Kier molecular flexibility index (Phi) is 31.9. The molecule has 0 bridgehead atoms. The maximum atomic E-state index is 12.6. The Morgan fingerprint density at radius 2 is 0.957 bits per heavy atom. The Labute approximate surface area is 287 Å².